The number of pyridine rings is 1. The number of nitrogens with zero attached hydrogens (tertiary/aromatic N) is 3. The topological polar surface area (TPSA) is 73.6 Å². The lowest BCUT2D eigenvalue weighted by Crippen LogP contribution is -2.25. The number of sulfone groups is 1. The lowest BCUT2D eigenvalue weighted by molar-refractivity contribution is 0.416. The molecule has 1 aliphatic heterocycles. The minimum Gasteiger partial charge on any atom is -0.493 e. The molecule has 0 radical (unpaired) electrons. The molecule has 1 atom stereocenters. The first-order valence-electron chi connectivity index (χ1n) is 6.19. The standard InChI is InChI=1S/C12H15N3O3S/c1-18-10-5-2-6-15-11(13-14-12(10)15)9-4-3-7-19(16,17)8-9/h2,5-6,9H,3-4,7-8H2,1H3. The van der Waals surface area contributed by atoms with Crippen LogP contribution in [-0.2, 0) is 9.84 Å². The van der Waals surface area contributed by atoms with Gasteiger partial charge in [-0.3, -0.25) is 4.40 Å². The zero-order valence-corrected chi connectivity index (χ0v) is 11.4. The molecule has 2 aromatic rings. The van der Waals surface area contributed by atoms with Crippen molar-refractivity contribution in [1.82, 2.24) is 14.6 Å². The monoisotopic (exact) mass is 281 g/mol. The summed E-state index contributed by atoms with van der Waals surface area (Å²) >= 11 is 0. The van der Waals surface area contributed by atoms with Crippen molar-refractivity contribution < 1.29 is 13.2 Å². The van der Waals surface area contributed by atoms with Crippen LogP contribution >= 0.6 is 0 Å². The molecule has 3 rings (SSSR count). The Morgan fingerprint density at radius 2 is 2.26 bits per heavy atom. The molecule has 0 bridgehead atoms. The van der Waals surface area contributed by atoms with Crippen molar-refractivity contribution in [3.05, 3.63) is 24.2 Å². The zero-order valence-electron chi connectivity index (χ0n) is 10.6. The van der Waals surface area contributed by atoms with E-state index in [4.69, 9.17) is 4.74 Å². The third-order valence-electron chi connectivity index (χ3n) is 3.47. The largest absolute Gasteiger partial charge is 0.493 e. The number of hydrogen-bond donors (Lipinski definition) is 0. The number of fused-ring (bicyclic) bond motifs is 1. The quantitative estimate of drug-likeness (QED) is 0.822. The van der Waals surface area contributed by atoms with Gasteiger partial charge in [0.1, 0.15) is 5.82 Å². The average Bonchev–Trinajstić information content (AvgIpc) is 2.81. The zero-order chi connectivity index (χ0) is 13.5. The second-order valence-electron chi connectivity index (χ2n) is 4.78. The normalized spacial score (nSPS) is 22.5. The minimum atomic E-state index is -2.95. The highest BCUT2D eigenvalue weighted by Crippen LogP contribution is 2.29. The number of methoxy groups -OCH3 is 1. The van der Waals surface area contributed by atoms with Gasteiger partial charge in [0.05, 0.1) is 18.6 Å². The van der Waals surface area contributed by atoms with E-state index in [1.165, 1.54) is 0 Å². The molecule has 0 amide bonds. The van der Waals surface area contributed by atoms with E-state index in [0.717, 1.165) is 6.42 Å². The fourth-order valence-electron chi connectivity index (χ4n) is 2.57. The predicted octanol–water partition coefficient (Wildman–Crippen LogP) is 1.03. The van der Waals surface area contributed by atoms with Gasteiger partial charge in [0.2, 0.25) is 5.65 Å². The van der Waals surface area contributed by atoms with Crippen LogP contribution in [0.5, 0.6) is 5.75 Å². The maximum absolute atomic E-state index is 11.7. The molecule has 19 heavy (non-hydrogen) atoms. The van der Waals surface area contributed by atoms with Crippen molar-refractivity contribution >= 4 is 15.5 Å². The van der Waals surface area contributed by atoms with Crippen molar-refractivity contribution in [1.29, 1.82) is 0 Å². The van der Waals surface area contributed by atoms with Gasteiger partial charge in [0.15, 0.2) is 15.6 Å². The van der Waals surface area contributed by atoms with Crippen molar-refractivity contribution in [2.24, 2.45) is 0 Å². The highest BCUT2D eigenvalue weighted by atomic mass is 32.2. The van der Waals surface area contributed by atoms with Crippen LogP contribution < -0.4 is 4.74 Å². The van der Waals surface area contributed by atoms with E-state index in [2.05, 4.69) is 10.2 Å². The Morgan fingerprint density at radius 1 is 1.42 bits per heavy atom. The number of ether oxygens (including phenoxy) is 1. The number of hydrogen-bond acceptors (Lipinski definition) is 5. The lowest BCUT2D eigenvalue weighted by atomic mass is 10.1. The van der Waals surface area contributed by atoms with Crippen molar-refractivity contribution in [2.75, 3.05) is 18.6 Å². The van der Waals surface area contributed by atoms with E-state index in [1.807, 2.05) is 22.7 Å². The molecule has 3 heterocycles. The summed E-state index contributed by atoms with van der Waals surface area (Å²) in [6, 6.07) is 3.65. The summed E-state index contributed by atoms with van der Waals surface area (Å²) in [5.74, 6) is 1.70. The molecule has 2 aromatic heterocycles. The molecule has 1 aliphatic rings. The molecule has 0 aliphatic carbocycles. The van der Waals surface area contributed by atoms with E-state index >= 15 is 0 Å². The van der Waals surface area contributed by atoms with E-state index < -0.39 is 9.84 Å². The molecule has 7 heteroatoms. The molecule has 6 nitrogen and oxygen atoms in total. The van der Waals surface area contributed by atoms with Crippen LogP contribution in [0.1, 0.15) is 24.6 Å². The summed E-state index contributed by atoms with van der Waals surface area (Å²) in [4.78, 5) is 0. The van der Waals surface area contributed by atoms with E-state index in [0.29, 0.717) is 23.6 Å². The van der Waals surface area contributed by atoms with Crippen LogP contribution in [0.3, 0.4) is 0 Å². The second-order valence-corrected chi connectivity index (χ2v) is 7.01. The fraction of sp³-hybridized carbons (Fsp3) is 0.500. The Balaban J connectivity index is 2.06. The Hall–Kier alpha value is -1.63. The van der Waals surface area contributed by atoms with Crippen LogP contribution in [-0.4, -0.2) is 41.6 Å². The second kappa shape index (κ2) is 4.48. The molecule has 0 N–H and O–H groups in total. The summed E-state index contributed by atoms with van der Waals surface area (Å²) < 4.78 is 30.5. The maximum atomic E-state index is 11.7. The number of rotatable bonds is 2. The van der Waals surface area contributed by atoms with Gasteiger partial charge in [-0.25, -0.2) is 8.42 Å². The van der Waals surface area contributed by atoms with E-state index in [1.54, 1.807) is 7.11 Å². The third kappa shape index (κ3) is 2.18. The van der Waals surface area contributed by atoms with Gasteiger partial charge >= 0.3 is 0 Å². The van der Waals surface area contributed by atoms with Gasteiger partial charge in [-0.15, -0.1) is 10.2 Å². The van der Waals surface area contributed by atoms with Gasteiger partial charge in [-0.2, -0.15) is 0 Å². The fourth-order valence-corrected chi connectivity index (χ4v) is 4.28. The molecule has 102 valence electrons. The first-order valence-corrected chi connectivity index (χ1v) is 8.01. The molecular weight excluding hydrogens is 266 g/mol. The van der Waals surface area contributed by atoms with Gasteiger partial charge in [0.25, 0.3) is 0 Å². The van der Waals surface area contributed by atoms with Gasteiger partial charge in [-0.05, 0) is 25.0 Å². The maximum Gasteiger partial charge on any atom is 0.203 e. The molecular formula is C12H15N3O3S. The highest BCUT2D eigenvalue weighted by Gasteiger charge is 2.29. The summed E-state index contributed by atoms with van der Waals surface area (Å²) in [5.41, 5.74) is 0.628. The van der Waals surface area contributed by atoms with Crippen LogP contribution in [0.4, 0.5) is 0 Å². The minimum absolute atomic E-state index is 0.0825. The van der Waals surface area contributed by atoms with Gasteiger partial charge in [0, 0.05) is 12.1 Å². The summed E-state index contributed by atoms with van der Waals surface area (Å²) in [7, 11) is -1.38. The molecule has 0 saturated carbocycles. The lowest BCUT2D eigenvalue weighted by Gasteiger charge is -2.20. The summed E-state index contributed by atoms with van der Waals surface area (Å²) in [6.07, 6.45) is 3.36. The molecule has 1 fully saturated rings. The molecule has 1 saturated heterocycles. The molecule has 0 aromatic carbocycles. The van der Waals surface area contributed by atoms with E-state index in [9.17, 15) is 8.42 Å². The van der Waals surface area contributed by atoms with Crippen molar-refractivity contribution in [3.63, 3.8) is 0 Å². The first kappa shape index (κ1) is 12.4. The number of aromatic nitrogens is 3. The van der Waals surface area contributed by atoms with Crippen LogP contribution in [0.25, 0.3) is 5.65 Å². The van der Waals surface area contributed by atoms with Crippen LogP contribution in [0.2, 0.25) is 0 Å². The Bertz CT molecular complexity index is 708. The van der Waals surface area contributed by atoms with Crippen LogP contribution in [0.15, 0.2) is 18.3 Å². The Kier molecular flexibility index (Phi) is 2.93. The van der Waals surface area contributed by atoms with Gasteiger partial charge < -0.3 is 4.74 Å². The van der Waals surface area contributed by atoms with Gasteiger partial charge in [-0.1, -0.05) is 0 Å². The first-order chi connectivity index (χ1) is 9.11. The van der Waals surface area contributed by atoms with Crippen LogP contribution in [0, 0.1) is 0 Å². The summed E-state index contributed by atoms with van der Waals surface area (Å²) in [6.45, 7) is 0. The van der Waals surface area contributed by atoms with E-state index in [-0.39, 0.29) is 17.4 Å². The smallest absolute Gasteiger partial charge is 0.203 e. The predicted molar refractivity (Wildman–Crippen MR) is 70.2 cm³/mol. The Labute approximate surface area is 111 Å². The molecule has 0 spiro atoms. The van der Waals surface area contributed by atoms with Crippen molar-refractivity contribution in [2.45, 2.75) is 18.8 Å². The van der Waals surface area contributed by atoms with Crippen molar-refractivity contribution in [3.8, 4) is 5.75 Å². The SMILES string of the molecule is COc1cccn2c(C3CCCS(=O)(=O)C3)nnc12. The Morgan fingerprint density at radius 3 is 3.00 bits per heavy atom. The highest BCUT2D eigenvalue weighted by molar-refractivity contribution is 7.91. The third-order valence-corrected chi connectivity index (χ3v) is 5.29. The summed E-state index contributed by atoms with van der Waals surface area (Å²) in [5, 5.41) is 8.27. The average molecular weight is 281 g/mol. The molecule has 1 unspecified atom stereocenters.